The van der Waals surface area contributed by atoms with Gasteiger partial charge in [0.15, 0.2) is 0 Å². The molecule has 0 aromatic heterocycles. The number of anilines is 1. The molecule has 0 aliphatic rings. The molecule has 9 nitrogen and oxygen atoms in total. The van der Waals surface area contributed by atoms with Crippen molar-refractivity contribution in [3.8, 4) is 5.75 Å². The molecule has 0 fully saturated rings. The molecular formula is C23H32N4O5S. The van der Waals surface area contributed by atoms with Crippen LogP contribution in [-0.4, -0.2) is 69.8 Å². The van der Waals surface area contributed by atoms with Gasteiger partial charge in [-0.3, -0.25) is 9.59 Å². The SMILES string of the molecule is CCNC(=O)[C@H](C)N(Cc1ccc(OC)cc1)C(=O)CN(c1ccccc1)S(=O)(=O)N(C)C. The van der Waals surface area contributed by atoms with Gasteiger partial charge in [0, 0.05) is 27.2 Å². The van der Waals surface area contributed by atoms with Crippen LogP contribution >= 0.6 is 0 Å². The van der Waals surface area contributed by atoms with Gasteiger partial charge in [0.05, 0.1) is 12.8 Å². The molecule has 0 saturated heterocycles. The lowest BCUT2D eigenvalue weighted by atomic mass is 10.1. The highest BCUT2D eigenvalue weighted by Gasteiger charge is 2.32. The van der Waals surface area contributed by atoms with Gasteiger partial charge in [0.2, 0.25) is 11.8 Å². The molecular weight excluding hydrogens is 444 g/mol. The minimum absolute atomic E-state index is 0.131. The molecule has 2 aromatic rings. The van der Waals surface area contributed by atoms with E-state index in [-0.39, 0.29) is 12.5 Å². The molecule has 180 valence electrons. The van der Waals surface area contributed by atoms with E-state index in [9.17, 15) is 18.0 Å². The molecule has 0 aliphatic carbocycles. The number of methoxy groups -OCH3 is 1. The Balaban J connectivity index is 2.40. The van der Waals surface area contributed by atoms with Crippen molar-refractivity contribution in [2.75, 3.05) is 38.6 Å². The number of nitrogens with zero attached hydrogens (tertiary/aromatic N) is 3. The van der Waals surface area contributed by atoms with Gasteiger partial charge in [0.25, 0.3) is 0 Å². The number of carbonyl (C=O) groups excluding carboxylic acids is 2. The minimum Gasteiger partial charge on any atom is -0.497 e. The Morgan fingerprint density at radius 3 is 2.15 bits per heavy atom. The number of rotatable bonds is 11. The Kier molecular flexibility index (Phi) is 9.24. The molecule has 10 heteroatoms. The number of benzene rings is 2. The highest BCUT2D eigenvalue weighted by Crippen LogP contribution is 2.21. The zero-order valence-electron chi connectivity index (χ0n) is 19.7. The first-order chi connectivity index (χ1) is 15.6. The van der Waals surface area contributed by atoms with E-state index >= 15 is 0 Å². The van der Waals surface area contributed by atoms with Crippen LogP contribution in [-0.2, 0) is 26.3 Å². The highest BCUT2D eigenvalue weighted by atomic mass is 32.2. The second-order valence-electron chi connectivity index (χ2n) is 7.57. The molecule has 0 saturated carbocycles. The number of nitrogens with one attached hydrogen (secondary N) is 1. The van der Waals surface area contributed by atoms with Crippen molar-refractivity contribution in [3.63, 3.8) is 0 Å². The average molecular weight is 477 g/mol. The van der Waals surface area contributed by atoms with E-state index in [4.69, 9.17) is 4.74 Å². The second-order valence-corrected chi connectivity index (χ2v) is 9.64. The van der Waals surface area contributed by atoms with E-state index in [1.165, 1.54) is 19.0 Å². The van der Waals surface area contributed by atoms with Crippen molar-refractivity contribution >= 4 is 27.7 Å². The summed E-state index contributed by atoms with van der Waals surface area (Å²) in [6.07, 6.45) is 0. The van der Waals surface area contributed by atoms with Crippen LogP contribution in [0.15, 0.2) is 54.6 Å². The van der Waals surface area contributed by atoms with Gasteiger partial charge in [-0.05, 0) is 43.7 Å². The fourth-order valence-corrected chi connectivity index (χ4v) is 4.20. The fourth-order valence-electron chi connectivity index (χ4n) is 3.14. The van der Waals surface area contributed by atoms with E-state index in [0.717, 1.165) is 14.2 Å². The fraction of sp³-hybridized carbons (Fsp3) is 0.391. The predicted molar refractivity (Wildman–Crippen MR) is 128 cm³/mol. The minimum atomic E-state index is -3.96. The summed E-state index contributed by atoms with van der Waals surface area (Å²) in [5.41, 5.74) is 1.14. The molecule has 2 amide bonds. The van der Waals surface area contributed by atoms with Crippen LogP contribution in [0.5, 0.6) is 5.75 Å². The maximum absolute atomic E-state index is 13.5. The lowest BCUT2D eigenvalue weighted by molar-refractivity contribution is -0.139. The summed E-state index contributed by atoms with van der Waals surface area (Å²) < 4.78 is 33.3. The molecule has 0 heterocycles. The molecule has 0 radical (unpaired) electrons. The van der Waals surface area contributed by atoms with Gasteiger partial charge in [0.1, 0.15) is 18.3 Å². The monoisotopic (exact) mass is 476 g/mol. The van der Waals surface area contributed by atoms with Crippen molar-refractivity contribution < 1.29 is 22.7 Å². The third-order valence-electron chi connectivity index (χ3n) is 5.09. The molecule has 33 heavy (non-hydrogen) atoms. The molecule has 0 aliphatic heterocycles. The maximum atomic E-state index is 13.5. The third-order valence-corrected chi connectivity index (χ3v) is 6.91. The van der Waals surface area contributed by atoms with E-state index in [0.29, 0.717) is 18.0 Å². The summed E-state index contributed by atoms with van der Waals surface area (Å²) in [4.78, 5) is 27.4. The van der Waals surface area contributed by atoms with Gasteiger partial charge in [-0.1, -0.05) is 30.3 Å². The molecule has 0 unspecified atom stereocenters. The molecule has 1 atom stereocenters. The highest BCUT2D eigenvalue weighted by molar-refractivity contribution is 7.90. The largest absolute Gasteiger partial charge is 0.497 e. The number of ether oxygens (including phenoxy) is 1. The number of hydrogen-bond donors (Lipinski definition) is 1. The van der Waals surface area contributed by atoms with Gasteiger partial charge in [-0.15, -0.1) is 0 Å². The van der Waals surface area contributed by atoms with Crippen LogP contribution in [0.3, 0.4) is 0 Å². The van der Waals surface area contributed by atoms with E-state index < -0.39 is 28.7 Å². The van der Waals surface area contributed by atoms with Crippen LogP contribution in [0, 0.1) is 0 Å². The van der Waals surface area contributed by atoms with Crippen molar-refractivity contribution in [2.45, 2.75) is 26.4 Å². The Hall–Kier alpha value is -3.11. The van der Waals surface area contributed by atoms with Gasteiger partial charge >= 0.3 is 10.2 Å². The summed E-state index contributed by atoms with van der Waals surface area (Å²) in [6, 6.07) is 14.7. The Labute approximate surface area is 196 Å². The summed E-state index contributed by atoms with van der Waals surface area (Å²) in [5.74, 6) is -0.152. The molecule has 1 N–H and O–H groups in total. The maximum Gasteiger partial charge on any atom is 0.304 e. The first-order valence-corrected chi connectivity index (χ1v) is 12.0. The van der Waals surface area contributed by atoms with Crippen molar-refractivity contribution in [3.05, 3.63) is 60.2 Å². The topological polar surface area (TPSA) is 99.3 Å². The van der Waals surface area contributed by atoms with Gasteiger partial charge < -0.3 is 15.0 Å². The van der Waals surface area contributed by atoms with E-state index in [2.05, 4.69) is 5.32 Å². The van der Waals surface area contributed by atoms with E-state index in [1.807, 2.05) is 0 Å². The smallest absolute Gasteiger partial charge is 0.304 e. The number of hydrogen-bond acceptors (Lipinski definition) is 5. The number of amides is 2. The van der Waals surface area contributed by atoms with Crippen molar-refractivity contribution in [1.82, 2.24) is 14.5 Å². The summed E-state index contributed by atoms with van der Waals surface area (Å²) in [5, 5.41) is 2.73. The van der Waals surface area contributed by atoms with E-state index in [1.54, 1.807) is 75.6 Å². The van der Waals surface area contributed by atoms with Gasteiger partial charge in [-0.2, -0.15) is 12.7 Å². The Morgan fingerprint density at radius 1 is 1.03 bits per heavy atom. The number of likely N-dealkylation sites (N-methyl/N-ethyl adjacent to an activating group) is 1. The molecule has 2 aromatic carbocycles. The quantitative estimate of drug-likeness (QED) is 0.534. The van der Waals surface area contributed by atoms with Crippen molar-refractivity contribution in [2.24, 2.45) is 0 Å². The van der Waals surface area contributed by atoms with Crippen LogP contribution < -0.4 is 14.4 Å². The lowest BCUT2D eigenvalue weighted by Gasteiger charge is -2.32. The van der Waals surface area contributed by atoms with Crippen LogP contribution in [0.1, 0.15) is 19.4 Å². The first kappa shape index (κ1) is 26.1. The second kappa shape index (κ2) is 11.7. The zero-order chi connectivity index (χ0) is 24.6. The van der Waals surface area contributed by atoms with Crippen LogP contribution in [0.4, 0.5) is 5.69 Å². The lowest BCUT2D eigenvalue weighted by Crippen LogP contribution is -2.52. The average Bonchev–Trinajstić information content (AvgIpc) is 2.81. The Morgan fingerprint density at radius 2 is 1.64 bits per heavy atom. The third kappa shape index (κ3) is 6.69. The standard InChI is InChI=1S/C23H32N4O5S/c1-6-24-23(29)18(2)26(16-19-12-14-21(32-5)15-13-19)22(28)17-27(33(30,31)25(3)4)20-10-8-7-9-11-20/h7-15,18H,6,16-17H2,1-5H3,(H,24,29)/t18-/m0/s1. The molecule has 2 rings (SSSR count). The molecule has 0 spiro atoms. The van der Waals surface area contributed by atoms with Crippen LogP contribution in [0.2, 0.25) is 0 Å². The Bertz CT molecular complexity index is 1030. The number of carbonyl (C=O) groups is 2. The predicted octanol–water partition coefficient (Wildman–Crippen LogP) is 1.86. The summed E-state index contributed by atoms with van der Waals surface area (Å²) in [7, 11) is 0.414. The zero-order valence-corrected chi connectivity index (χ0v) is 20.5. The van der Waals surface area contributed by atoms with Crippen molar-refractivity contribution in [1.29, 1.82) is 0 Å². The first-order valence-electron chi connectivity index (χ1n) is 10.6. The summed E-state index contributed by atoms with van der Waals surface area (Å²) >= 11 is 0. The normalized spacial score (nSPS) is 12.2. The molecule has 0 bridgehead atoms. The summed E-state index contributed by atoms with van der Waals surface area (Å²) in [6.45, 7) is 3.51. The van der Waals surface area contributed by atoms with Crippen LogP contribution in [0.25, 0.3) is 0 Å². The number of para-hydroxylation sites is 1. The van der Waals surface area contributed by atoms with Gasteiger partial charge in [-0.25, -0.2) is 4.31 Å².